The zero-order valence-corrected chi connectivity index (χ0v) is 16.8. The maximum atomic E-state index is 10.9. The largest absolute Gasteiger partial charge is 0.507 e. The van der Waals surface area contributed by atoms with Gasteiger partial charge in [0.15, 0.2) is 0 Å². The summed E-state index contributed by atoms with van der Waals surface area (Å²) in [7, 11) is 3.39. The van der Waals surface area contributed by atoms with Crippen molar-refractivity contribution in [3.8, 4) is 16.2 Å². The van der Waals surface area contributed by atoms with E-state index in [-0.39, 0.29) is 0 Å². The summed E-state index contributed by atoms with van der Waals surface area (Å²) in [5.41, 5.74) is 3.34. The van der Waals surface area contributed by atoms with Crippen LogP contribution < -0.4 is 0 Å². The molecule has 0 unspecified atom stereocenters. The number of aromatic hydroxyl groups is 1. The average molecular weight is 393 g/mol. The van der Waals surface area contributed by atoms with Gasteiger partial charge in [-0.25, -0.2) is 0 Å². The summed E-state index contributed by atoms with van der Waals surface area (Å²) in [4.78, 5) is 6.13. The predicted molar refractivity (Wildman–Crippen MR) is 109 cm³/mol. The molecule has 2 aliphatic heterocycles. The molecule has 6 heteroatoms. The van der Waals surface area contributed by atoms with E-state index in [9.17, 15) is 5.11 Å². The molecule has 0 saturated carbocycles. The van der Waals surface area contributed by atoms with Gasteiger partial charge in [0.05, 0.1) is 0 Å². The second-order valence-electron chi connectivity index (χ2n) is 7.10. The number of benzene rings is 1. The van der Waals surface area contributed by atoms with Gasteiger partial charge in [0.25, 0.3) is 0 Å². The number of phenols is 1. The first kappa shape index (κ1) is 17.6. The number of rotatable bonds is 5. The first-order chi connectivity index (χ1) is 12.2. The molecule has 4 rings (SSSR count). The van der Waals surface area contributed by atoms with Crippen LogP contribution in [0, 0.1) is 3.82 Å². The van der Waals surface area contributed by atoms with Crippen molar-refractivity contribution in [3.63, 3.8) is 0 Å². The highest BCUT2D eigenvalue weighted by molar-refractivity contribution is 7.80. The SMILES string of the molecule is Oc1c(CN2CCCC2)cc(-c2cc(=S)ss2)cc1CN1CCCC1. The van der Waals surface area contributed by atoms with Gasteiger partial charge in [-0.15, -0.1) is 0 Å². The Labute approximate surface area is 161 Å². The summed E-state index contributed by atoms with van der Waals surface area (Å²) in [6.07, 6.45) is 5.08. The van der Waals surface area contributed by atoms with Crippen molar-refractivity contribution in [2.24, 2.45) is 0 Å². The molecule has 0 spiro atoms. The molecule has 134 valence electrons. The van der Waals surface area contributed by atoms with E-state index in [4.69, 9.17) is 12.2 Å². The lowest BCUT2D eigenvalue weighted by atomic mass is 10.0. The van der Waals surface area contributed by atoms with E-state index >= 15 is 0 Å². The second-order valence-corrected chi connectivity index (χ2v) is 10.0. The van der Waals surface area contributed by atoms with Gasteiger partial charge in [0.1, 0.15) is 9.57 Å². The molecule has 0 atom stereocenters. The van der Waals surface area contributed by atoms with Crippen molar-refractivity contribution in [3.05, 3.63) is 33.1 Å². The van der Waals surface area contributed by atoms with Gasteiger partial charge in [-0.2, -0.15) is 0 Å². The van der Waals surface area contributed by atoms with Gasteiger partial charge in [0.2, 0.25) is 0 Å². The third kappa shape index (κ3) is 4.14. The molecule has 1 aromatic carbocycles. The Balaban J connectivity index is 1.68. The molecule has 2 saturated heterocycles. The molecule has 2 fully saturated rings. The molecule has 0 bridgehead atoms. The lowest BCUT2D eigenvalue weighted by Crippen LogP contribution is -2.20. The summed E-state index contributed by atoms with van der Waals surface area (Å²) in [6.45, 7) is 6.26. The minimum atomic E-state index is 0.501. The Morgan fingerprint density at radius 2 is 1.36 bits per heavy atom. The molecule has 2 aliphatic rings. The highest BCUT2D eigenvalue weighted by atomic mass is 32.9. The van der Waals surface area contributed by atoms with Gasteiger partial charge in [-0.3, -0.25) is 9.80 Å². The standard InChI is InChI=1S/C19H24N2OS3/c22-19-15(12-20-5-1-2-6-20)9-14(17-11-18(23)25-24-17)10-16(19)13-21-7-3-4-8-21/h9-11,22H,1-8,12-13H2. The fourth-order valence-corrected chi connectivity index (χ4v) is 6.26. The predicted octanol–water partition coefficient (Wildman–Crippen LogP) is 5.10. The zero-order valence-electron chi connectivity index (χ0n) is 14.4. The molecule has 3 nitrogen and oxygen atoms in total. The number of nitrogens with zero attached hydrogens (tertiary/aromatic N) is 2. The highest BCUT2D eigenvalue weighted by Crippen LogP contribution is 2.36. The summed E-state index contributed by atoms with van der Waals surface area (Å²) < 4.78 is 0.940. The lowest BCUT2D eigenvalue weighted by Gasteiger charge is -2.21. The zero-order chi connectivity index (χ0) is 17.2. The molecule has 25 heavy (non-hydrogen) atoms. The lowest BCUT2D eigenvalue weighted by molar-refractivity contribution is 0.312. The molecule has 2 aromatic rings. The maximum Gasteiger partial charge on any atom is 0.124 e. The summed E-state index contributed by atoms with van der Waals surface area (Å²) >= 11 is 5.32. The number of hydrogen-bond acceptors (Lipinski definition) is 6. The van der Waals surface area contributed by atoms with Crippen LogP contribution in [0.15, 0.2) is 18.2 Å². The van der Waals surface area contributed by atoms with E-state index in [1.807, 2.05) is 0 Å². The fraction of sp³-hybridized carbons (Fsp3) is 0.526. The molecule has 3 heterocycles. The van der Waals surface area contributed by atoms with E-state index in [2.05, 4.69) is 28.0 Å². The van der Waals surface area contributed by atoms with E-state index in [1.165, 1.54) is 36.1 Å². The van der Waals surface area contributed by atoms with Crippen molar-refractivity contribution in [1.82, 2.24) is 9.80 Å². The van der Waals surface area contributed by atoms with E-state index in [0.717, 1.165) is 54.2 Å². The van der Waals surface area contributed by atoms with Gasteiger partial charge >= 0.3 is 0 Å². The van der Waals surface area contributed by atoms with Crippen molar-refractivity contribution >= 4 is 32.9 Å². The van der Waals surface area contributed by atoms with E-state index < -0.39 is 0 Å². The summed E-state index contributed by atoms with van der Waals surface area (Å²) in [6, 6.07) is 6.44. The minimum absolute atomic E-state index is 0.501. The second kappa shape index (κ2) is 7.84. The molecule has 0 radical (unpaired) electrons. The molecule has 0 aliphatic carbocycles. The Hall–Kier alpha value is -0.790. The Bertz CT molecular complexity index is 747. The van der Waals surface area contributed by atoms with Crippen molar-refractivity contribution in [2.45, 2.75) is 38.8 Å². The van der Waals surface area contributed by atoms with Crippen LogP contribution in [0.2, 0.25) is 0 Å². The van der Waals surface area contributed by atoms with Crippen molar-refractivity contribution in [2.75, 3.05) is 26.2 Å². The van der Waals surface area contributed by atoms with Gasteiger partial charge in [-0.1, -0.05) is 32.9 Å². The number of hydrogen-bond donors (Lipinski definition) is 1. The summed E-state index contributed by atoms with van der Waals surface area (Å²) in [5, 5.41) is 10.9. The van der Waals surface area contributed by atoms with Crippen LogP contribution in [0.5, 0.6) is 5.75 Å². The van der Waals surface area contributed by atoms with E-state index in [0.29, 0.717) is 5.75 Å². The molecular formula is C19H24N2OS3. The van der Waals surface area contributed by atoms with Crippen LogP contribution in [0.3, 0.4) is 0 Å². The first-order valence-corrected chi connectivity index (χ1v) is 11.6. The Morgan fingerprint density at radius 1 is 0.840 bits per heavy atom. The number of likely N-dealkylation sites (tertiary alicyclic amines) is 2. The first-order valence-electron chi connectivity index (χ1n) is 9.09. The van der Waals surface area contributed by atoms with Gasteiger partial charge in [0, 0.05) is 29.1 Å². The monoisotopic (exact) mass is 392 g/mol. The molecule has 1 aromatic heterocycles. The van der Waals surface area contributed by atoms with Crippen LogP contribution in [0.1, 0.15) is 36.8 Å². The van der Waals surface area contributed by atoms with E-state index in [1.54, 1.807) is 20.7 Å². The smallest absolute Gasteiger partial charge is 0.124 e. The maximum absolute atomic E-state index is 10.9. The molecule has 1 N–H and O–H groups in total. The van der Waals surface area contributed by atoms with Gasteiger partial charge < -0.3 is 5.11 Å². The van der Waals surface area contributed by atoms with Crippen LogP contribution in [0.4, 0.5) is 0 Å². The third-order valence-electron chi connectivity index (χ3n) is 5.20. The highest BCUT2D eigenvalue weighted by Gasteiger charge is 2.20. The normalized spacial score (nSPS) is 19.0. The quantitative estimate of drug-likeness (QED) is 0.565. The van der Waals surface area contributed by atoms with Crippen LogP contribution >= 0.6 is 32.9 Å². The molecule has 0 amide bonds. The average Bonchev–Trinajstić information content (AvgIpc) is 3.34. The van der Waals surface area contributed by atoms with Gasteiger partial charge in [-0.05, 0) is 75.6 Å². The molecular weight excluding hydrogens is 368 g/mol. The minimum Gasteiger partial charge on any atom is -0.507 e. The van der Waals surface area contributed by atoms with Crippen LogP contribution in [0.25, 0.3) is 10.4 Å². The third-order valence-corrected chi connectivity index (χ3v) is 8.11. The fourth-order valence-electron chi connectivity index (χ4n) is 3.88. The van der Waals surface area contributed by atoms with Crippen molar-refractivity contribution in [1.29, 1.82) is 0 Å². The van der Waals surface area contributed by atoms with Crippen LogP contribution in [-0.4, -0.2) is 41.1 Å². The Kier molecular flexibility index (Phi) is 5.53. The Morgan fingerprint density at radius 3 is 1.80 bits per heavy atom. The summed E-state index contributed by atoms with van der Waals surface area (Å²) in [5.74, 6) is 0.501. The number of phenolic OH excluding ortho intramolecular Hbond substituents is 1. The van der Waals surface area contributed by atoms with Crippen molar-refractivity contribution < 1.29 is 5.11 Å². The van der Waals surface area contributed by atoms with Crippen LogP contribution in [-0.2, 0) is 13.1 Å². The topological polar surface area (TPSA) is 26.7 Å².